The highest BCUT2D eigenvalue weighted by Crippen LogP contribution is 2.29. The molecule has 2 aromatic rings. The average Bonchev–Trinajstić information content (AvgIpc) is 2.98. The van der Waals surface area contributed by atoms with E-state index in [0.717, 1.165) is 23.2 Å². The van der Waals surface area contributed by atoms with Crippen molar-refractivity contribution in [3.63, 3.8) is 0 Å². The first-order chi connectivity index (χ1) is 17.7. The molecule has 0 unspecified atom stereocenters. The van der Waals surface area contributed by atoms with Crippen molar-refractivity contribution in [2.45, 2.75) is 53.6 Å². The minimum atomic E-state index is -1.11. The summed E-state index contributed by atoms with van der Waals surface area (Å²) in [6, 6.07) is 17.3. The number of hydrogen-bond donors (Lipinski definition) is 2. The number of benzene rings is 2. The summed E-state index contributed by atoms with van der Waals surface area (Å²) < 4.78 is 0. The Hall–Kier alpha value is -3.74. The number of hydrogen-bond acceptors (Lipinski definition) is 4. The quantitative estimate of drug-likeness (QED) is 0.484. The van der Waals surface area contributed by atoms with Crippen molar-refractivity contribution in [3.8, 4) is 0 Å². The SMILES string of the molecule is C=CC.CCCN1C(=O)[C@@H](NC(=O)[C@H](CC(C)C)[C@H](C)C(N)=O)N=C(c2ccccc2)c2ccccc21. The van der Waals surface area contributed by atoms with Gasteiger partial charge in [-0.25, -0.2) is 4.99 Å². The molecule has 1 aliphatic heterocycles. The number of rotatable bonds is 9. The molecule has 3 rings (SSSR count). The number of nitrogens with zero attached hydrogens (tertiary/aromatic N) is 2. The van der Waals surface area contributed by atoms with Gasteiger partial charge in [-0.1, -0.05) is 82.3 Å². The molecule has 0 radical (unpaired) electrons. The number of carbonyl (C=O) groups excluding carboxylic acids is 3. The van der Waals surface area contributed by atoms with Gasteiger partial charge in [-0.3, -0.25) is 14.4 Å². The van der Waals surface area contributed by atoms with Crippen LogP contribution in [-0.2, 0) is 14.4 Å². The average molecular weight is 505 g/mol. The van der Waals surface area contributed by atoms with Gasteiger partial charge in [0.15, 0.2) is 0 Å². The van der Waals surface area contributed by atoms with Crippen LogP contribution in [0.5, 0.6) is 0 Å². The summed E-state index contributed by atoms with van der Waals surface area (Å²) in [5, 5.41) is 2.85. The minimum absolute atomic E-state index is 0.173. The second kappa shape index (κ2) is 14.1. The third-order valence-corrected chi connectivity index (χ3v) is 6.10. The Bertz CT molecular complexity index is 1110. The second-order valence-electron chi connectivity index (χ2n) is 9.60. The van der Waals surface area contributed by atoms with E-state index in [4.69, 9.17) is 10.7 Å². The Kier molecular flexibility index (Phi) is 11.2. The highest BCUT2D eigenvalue weighted by atomic mass is 16.2. The number of benzodiazepines with no additional fused rings is 1. The topological polar surface area (TPSA) is 105 Å². The van der Waals surface area contributed by atoms with Gasteiger partial charge in [-0.2, -0.15) is 0 Å². The molecule has 198 valence electrons. The molecule has 0 aliphatic carbocycles. The molecular weight excluding hydrogens is 464 g/mol. The number of anilines is 1. The first kappa shape index (κ1) is 29.5. The Balaban J connectivity index is 0.00000153. The molecule has 0 aromatic heterocycles. The summed E-state index contributed by atoms with van der Waals surface area (Å²) in [6.07, 6.45) is 1.86. The number of carbonyl (C=O) groups is 3. The number of nitrogens with one attached hydrogen (secondary N) is 1. The Morgan fingerprint density at radius 2 is 1.70 bits per heavy atom. The molecular formula is C30H40N4O3. The molecule has 0 fully saturated rings. The van der Waals surface area contributed by atoms with Crippen LogP contribution in [0.15, 0.2) is 72.2 Å². The number of aliphatic imine (C=N–C) groups is 1. The number of nitrogens with two attached hydrogens (primary N) is 1. The highest BCUT2D eigenvalue weighted by Gasteiger charge is 2.36. The van der Waals surface area contributed by atoms with Gasteiger partial charge in [0.25, 0.3) is 5.91 Å². The van der Waals surface area contributed by atoms with E-state index in [1.807, 2.05) is 82.3 Å². The molecule has 0 saturated heterocycles. The molecule has 0 spiro atoms. The molecule has 37 heavy (non-hydrogen) atoms. The minimum Gasteiger partial charge on any atom is -0.369 e. The summed E-state index contributed by atoms with van der Waals surface area (Å²) in [5.74, 6) is -2.37. The fourth-order valence-electron chi connectivity index (χ4n) is 4.29. The Labute approximate surface area is 220 Å². The molecule has 1 heterocycles. The summed E-state index contributed by atoms with van der Waals surface area (Å²) in [4.78, 5) is 45.4. The predicted octanol–water partition coefficient (Wildman–Crippen LogP) is 4.70. The highest BCUT2D eigenvalue weighted by molar-refractivity contribution is 6.20. The standard InChI is InChI=1S/C27H34N4O3.C3H6/c1-5-15-31-22-14-10-9-13-20(22)23(19-11-7-6-8-12-19)29-25(27(31)34)30-26(33)21(16-17(2)3)18(4)24(28)32;1-3-2/h6-14,17-18,21,25H,5,15-16H2,1-4H3,(H2,28,32)(H,30,33);3H,1H2,2H3/t18-,21+,25+;/m0./s1. The van der Waals surface area contributed by atoms with Crippen LogP contribution >= 0.6 is 0 Å². The molecule has 7 heteroatoms. The summed E-state index contributed by atoms with van der Waals surface area (Å²) >= 11 is 0. The van der Waals surface area contributed by atoms with E-state index in [-0.39, 0.29) is 11.8 Å². The van der Waals surface area contributed by atoms with Crippen molar-refractivity contribution >= 4 is 29.1 Å². The van der Waals surface area contributed by atoms with Gasteiger partial charge in [0.1, 0.15) is 0 Å². The van der Waals surface area contributed by atoms with Crippen LogP contribution in [0.1, 0.15) is 58.6 Å². The maximum Gasteiger partial charge on any atom is 0.272 e. The van der Waals surface area contributed by atoms with Crippen molar-refractivity contribution < 1.29 is 14.4 Å². The van der Waals surface area contributed by atoms with E-state index in [1.165, 1.54) is 0 Å². The maximum atomic E-state index is 13.7. The lowest BCUT2D eigenvalue weighted by Crippen LogP contribution is -2.50. The van der Waals surface area contributed by atoms with E-state index in [0.29, 0.717) is 18.7 Å². The number of primary amides is 1. The van der Waals surface area contributed by atoms with Gasteiger partial charge in [0, 0.05) is 29.5 Å². The van der Waals surface area contributed by atoms with Crippen molar-refractivity contribution in [2.75, 3.05) is 11.4 Å². The van der Waals surface area contributed by atoms with Crippen LogP contribution in [-0.4, -0.2) is 36.1 Å². The fourth-order valence-corrected chi connectivity index (χ4v) is 4.29. The van der Waals surface area contributed by atoms with Crippen LogP contribution < -0.4 is 16.0 Å². The maximum absolute atomic E-state index is 13.7. The van der Waals surface area contributed by atoms with E-state index < -0.39 is 29.8 Å². The van der Waals surface area contributed by atoms with Crippen LogP contribution in [0, 0.1) is 17.8 Å². The van der Waals surface area contributed by atoms with Crippen molar-refractivity contribution in [3.05, 3.63) is 78.4 Å². The molecule has 3 N–H and O–H groups in total. The second-order valence-corrected chi connectivity index (χ2v) is 9.60. The van der Waals surface area contributed by atoms with Gasteiger partial charge in [-0.15, -0.1) is 6.58 Å². The fraction of sp³-hybridized carbons (Fsp3) is 0.400. The van der Waals surface area contributed by atoms with Crippen molar-refractivity contribution in [2.24, 2.45) is 28.5 Å². The lowest BCUT2D eigenvalue weighted by Gasteiger charge is -2.27. The monoisotopic (exact) mass is 504 g/mol. The van der Waals surface area contributed by atoms with Gasteiger partial charge in [-0.05, 0) is 31.7 Å². The first-order valence-corrected chi connectivity index (χ1v) is 12.9. The predicted molar refractivity (Wildman–Crippen MR) is 150 cm³/mol. The number of para-hydroxylation sites is 1. The van der Waals surface area contributed by atoms with Crippen LogP contribution in [0.2, 0.25) is 0 Å². The van der Waals surface area contributed by atoms with Crippen molar-refractivity contribution in [1.82, 2.24) is 5.32 Å². The lowest BCUT2D eigenvalue weighted by atomic mass is 9.85. The molecule has 0 saturated carbocycles. The molecule has 3 amide bonds. The number of amides is 3. The molecule has 1 aliphatic rings. The zero-order valence-electron chi connectivity index (χ0n) is 22.6. The lowest BCUT2D eigenvalue weighted by molar-refractivity contribution is -0.135. The molecule has 3 atom stereocenters. The smallest absolute Gasteiger partial charge is 0.272 e. The third kappa shape index (κ3) is 7.62. The number of fused-ring (bicyclic) bond motifs is 1. The summed E-state index contributed by atoms with van der Waals surface area (Å²) in [5.41, 5.74) is 8.61. The van der Waals surface area contributed by atoms with E-state index >= 15 is 0 Å². The summed E-state index contributed by atoms with van der Waals surface area (Å²) in [6.45, 7) is 13.4. The van der Waals surface area contributed by atoms with Gasteiger partial charge in [0.05, 0.1) is 11.4 Å². The van der Waals surface area contributed by atoms with E-state index in [1.54, 1.807) is 17.9 Å². The molecule has 2 aromatic carbocycles. The largest absolute Gasteiger partial charge is 0.369 e. The first-order valence-electron chi connectivity index (χ1n) is 12.9. The number of allylic oxidation sites excluding steroid dienone is 1. The van der Waals surface area contributed by atoms with E-state index in [9.17, 15) is 14.4 Å². The van der Waals surface area contributed by atoms with Gasteiger partial charge >= 0.3 is 0 Å². The van der Waals surface area contributed by atoms with E-state index in [2.05, 4.69) is 11.9 Å². The van der Waals surface area contributed by atoms with Crippen LogP contribution in [0.25, 0.3) is 0 Å². The normalized spacial score (nSPS) is 16.4. The Morgan fingerprint density at radius 1 is 1.11 bits per heavy atom. The zero-order chi connectivity index (χ0) is 27.5. The zero-order valence-corrected chi connectivity index (χ0v) is 22.6. The van der Waals surface area contributed by atoms with Gasteiger partial charge < -0.3 is 16.0 Å². The van der Waals surface area contributed by atoms with Crippen LogP contribution in [0.3, 0.4) is 0 Å². The summed E-state index contributed by atoms with van der Waals surface area (Å²) in [7, 11) is 0. The molecule has 0 bridgehead atoms. The Morgan fingerprint density at radius 3 is 2.27 bits per heavy atom. The van der Waals surface area contributed by atoms with Gasteiger partial charge in [0.2, 0.25) is 18.0 Å². The van der Waals surface area contributed by atoms with Crippen LogP contribution in [0.4, 0.5) is 5.69 Å². The third-order valence-electron chi connectivity index (χ3n) is 6.10. The molecule has 7 nitrogen and oxygen atoms in total. The van der Waals surface area contributed by atoms with Crippen molar-refractivity contribution in [1.29, 1.82) is 0 Å².